The van der Waals surface area contributed by atoms with Crippen LogP contribution < -0.4 is 11.1 Å². The second-order valence-electron chi connectivity index (χ2n) is 5.20. The van der Waals surface area contributed by atoms with Crippen molar-refractivity contribution in [2.45, 2.75) is 39.3 Å². The lowest BCUT2D eigenvalue weighted by Crippen LogP contribution is -2.50. The smallest absolute Gasteiger partial charge is 0.237 e. The van der Waals surface area contributed by atoms with E-state index in [4.69, 9.17) is 10.2 Å². The molecule has 3 N–H and O–H groups in total. The van der Waals surface area contributed by atoms with Gasteiger partial charge in [-0.2, -0.15) is 0 Å². The zero-order valence-electron chi connectivity index (χ0n) is 11.6. The SMILES string of the molecule is CCc1oc2ccccc2c1CNC(C)(C)C(N)=O. The maximum atomic E-state index is 11.3. The lowest BCUT2D eigenvalue weighted by molar-refractivity contribution is -0.123. The number of carbonyl (C=O) groups excluding carboxylic acids is 1. The van der Waals surface area contributed by atoms with E-state index >= 15 is 0 Å². The molecule has 0 saturated carbocycles. The van der Waals surface area contributed by atoms with Crippen LogP contribution in [0.1, 0.15) is 32.1 Å². The summed E-state index contributed by atoms with van der Waals surface area (Å²) in [6, 6.07) is 7.93. The van der Waals surface area contributed by atoms with Crippen LogP contribution >= 0.6 is 0 Å². The zero-order chi connectivity index (χ0) is 14.0. The second kappa shape index (κ2) is 5.05. The van der Waals surface area contributed by atoms with Gasteiger partial charge >= 0.3 is 0 Å². The molecule has 0 unspecified atom stereocenters. The number of nitrogens with one attached hydrogen (secondary N) is 1. The lowest BCUT2D eigenvalue weighted by Gasteiger charge is -2.22. The predicted octanol–water partition coefficient (Wildman–Crippen LogP) is 2.35. The number of aryl methyl sites for hydroxylation is 1. The summed E-state index contributed by atoms with van der Waals surface area (Å²) < 4.78 is 5.82. The average molecular weight is 260 g/mol. The van der Waals surface area contributed by atoms with Crippen LogP contribution in [0, 0.1) is 0 Å². The molecule has 2 aromatic rings. The van der Waals surface area contributed by atoms with Crippen molar-refractivity contribution in [1.29, 1.82) is 0 Å². The Morgan fingerprint density at radius 2 is 2.05 bits per heavy atom. The number of amides is 1. The number of fused-ring (bicyclic) bond motifs is 1. The first-order valence-electron chi connectivity index (χ1n) is 6.50. The highest BCUT2D eigenvalue weighted by molar-refractivity contribution is 5.84. The van der Waals surface area contributed by atoms with Gasteiger partial charge in [-0.3, -0.25) is 10.1 Å². The molecule has 0 aliphatic carbocycles. The summed E-state index contributed by atoms with van der Waals surface area (Å²) in [4.78, 5) is 11.3. The van der Waals surface area contributed by atoms with E-state index in [-0.39, 0.29) is 5.91 Å². The quantitative estimate of drug-likeness (QED) is 0.867. The third-order valence-corrected chi connectivity index (χ3v) is 3.43. The Balaban J connectivity index is 2.32. The number of rotatable bonds is 5. The second-order valence-corrected chi connectivity index (χ2v) is 5.20. The highest BCUT2D eigenvalue weighted by atomic mass is 16.3. The van der Waals surface area contributed by atoms with Crippen LogP contribution in [0.15, 0.2) is 28.7 Å². The van der Waals surface area contributed by atoms with E-state index in [2.05, 4.69) is 12.2 Å². The first-order valence-corrected chi connectivity index (χ1v) is 6.50. The molecule has 0 aliphatic rings. The number of furan rings is 1. The summed E-state index contributed by atoms with van der Waals surface area (Å²) in [7, 11) is 0. The molecule has 19 heavy (non-hydrogen) atoms. The molecule has 4 heteroatoms. The average Bonchev–Trinajstić information content (AvgIpc) is 2.74. The Morgan fingerprint density at radius 1 is 1.37 bits per heavy atom. The molecular weight excluding hydrogens is 240 g/mol. The van der Waals surface area contributed by atoms with Crippen LogP contribution in [0.4, 0.5) is 0 Å². The fourth-order valence-corrected chi connectivity index (χ4v) is 2.03. The Kier molecular flexibility index (Phi) is 3.62. The van der Waals surface area contributed by atoms with Gasteiger partial charge in [0.15, 0.2) is 0 Å². The minimum atomic E-state index is -0.733. The molecule has 1 heterocycles. The van der Waals surface area contributed by atoms with Crippen LogP contribution in [0.3, 0.4) is 0 Å². The van der Waals surface area contributed by atoms with Crippen molar-refractivity contribution in [2.24, 2.45) is 5.73 Å². The Bertz CT molecular complexity index is 599. The molecule has 1 aromatic carbocycles. The van der Waals surface area contributed by atoms with Crippen molar-refractivity contribution in [3.8, 4) is 0 Å². The molecule has 1 amide bonds. The van der Waals surface area contributed by atoms with Crippen LogP contribution in [-0.4, -0.2) is 11.4 Å². The molecule has 0 aliphatic heterocycles. The van der Waals surface area contributed by atoms with Gasteiger partial charge in [-0.1, -0.05) is 25.1 Å². The molecule has 0 saturated heterocycles. The summed E-state index contributed by atoms with van der Waals surface area (Å²) >= 11 is 0. The Labute approximate surface area is 113 Å². The van der Waals surface area contributed by atoms with Crippen LogP contribution in [-0.2, 0) is 17.8 Å². The highest BCUT2D eigenvalue weighted by Gasteiger charge is 2.25. The van der Waals surface area contributed by atoms with Gasteiger partial charge in [-0.25, -0.2) is 0 Å². The molecule has 0 radical (unpaired) electrons. The maximum Gasteiger partial charge on any atom is 0.237 e. The standard InChI is InChI=1S/C15H20N2O2/c1-4-12-11(9-17-15(2,3)14(16)18)10-7-5-6-8-13(10)19-12/h5-8,17H,4,9H2,1-3H3,(H2,16,18). The fourth-order valence-electron chi connectivity index (χ4n) is 2.03. The number of para-hydroxylation sites is 1. The largest absolute Gasteiger partial charge is 0.461 e. The van der Waals surface area contributed by atoms with Gasteiger partial charge in [-0.15, -0.1) is 0 Å². The molecule has 0 fully saturated rings. The lowest BCUT2D eigenvalue weighted by atomic mass is 10.0. The van der Waals surface area contributed by atoms with E-state index in [1.54, 1.807) is 13.8 Å². The summed E-state index contributed by atoms with van der Waals surface area (Å²) in [5.41, 5.74) is 6.62. The van der Waals surface area contributed by atoms with E-state index in [9.17, 15) is 4.79 Å². The van der Waals surface area contributed by atoms with Crippen molar-refractivity contribution in [2.75, 3.05) is 0 Å². The number of hydrogen-bond donors (Lipinski definition) is 2. The summed E-state index contributed by atoms with van der Waals surface area (Å²) in [5, 5.41) is 4.28. The van der Waals surface area contributed by atoms with E-state index in [0.29, 0.717) is 6.54 Å². The molecule has 1 aromatic heterocycles. The molecule has 102 valence electrons. The van der Waals surface area contributed by atoms with Crippen LogP contribution in [0.2, 0.25) is 0 Å². The number of benzene rings is 1. The topological polar surface area (TPSA) is 68.3 Å². The first-order chi connectivity index (χ1) is 8.95. The van der Waals surface area contributed by atoms with Gasteiger partial charge in [0.05, 0.1) is 5.54 Å². The first kappa shape index (κ1) is 13.6. The van der Waals surface area contributed by atoms with Crippen molar-refractivity contribution in [3.63, 3.8) is 0 Å². The van der Waals surface area contributed by atoms with Gasteiger partial charge in [0.1, 0.15) is 11.3 Å². The number of nitrogens with two attached hydrogens (primary N) is 1. The van der Waals surface area contributed by atoms with E-state index in [1.807, 2.05) is 24.3 Å². The fraction of sp³-hybridized carbons (Fsp3) is 0.400. The van der Waals surface area contributed by atoms with Crippen LogP contribution in [0.25, 0.3) is 11.0 Å². The van der Waals surface area contributed by atoms with Crippen molar-refractivity contribution >= 4 is 16.9 Å². The number of primary amides is 1. The zero-order valence-corrected chi connectivity index (χ0v) is 11.6. The minimum Gasteiger partial charge on any atom is -0.461 e. The summed E-state index contributed by atoms with van der Waals surface area (Å²) in [5.74, 6) is 0.590. The Morgan fingerprint density at radius 3 is 2.68 bits per heavy atom. The molecule has 4 nitrogen and oxygen atoms in total. The third kappa shape index (κ3) is 2.63. The maximum absolute atomic E-state index is 11.3. The summed E-state index contributed by atoms with van der Waals surface area (Å²) in [6.45, 7) is 6.18. The monoisotopic (exact) mass is 260 g/mol. The molecule has 0 atom stereocenters. The van der Waals surface area contributed by atoms with Gasteiger partial charge in [0.2, 0.25) is 5.91 Å². The third-order valence-electron chi connectivity index (χ3n) is 3.43. The summed E-state index contributed by atoms with van der Waals surface area (Å²) in [6.07, 6.45) is 0.822. The normalized spacial score (nSPS) is 11.9. The number of carbonyl (C=O) groups is 1. The molecule has 0 spiro atoms. The van der Waals surface area contributed by atoms with Gasteiger partial charge in [0, 0.05) is 23.9 Å². The highest BCUT2D eigenvalue weighted by Crippen LogP contribution is 2.26. The Hall–Kier alpha value is -1.81. The van der Waals surface area contributed by atoms with Crippen molar-refractivity contribution in [1.82, 2.24) is 5.32 Å². The van der Waals surface area contributed by atoms with E-state index < -0.39 is 5.54 Å². The van der Waals surface area contributed by atoms with Crippen molar-refractivity contribution in [3.05, 3.63) is 35.6 Å². The minimum absolute atomic E-state index is 0.363. The van der Waals surface area contributed by atoms with E-state index in [0.717, 1.165) is 28.7 Å². The van der Waals surface area contributed by atoms with E-state index in [1.165, 1.54) is 0 Å². The van der Waals surface area contributed by atoms with Crippen LogP contribution in [0.5, 0.6) is 0 Å². The predicted molar refractivity (Wildman–Crippen MR) is 75.7 cm³/mol. The van der Waals surface area contributed by atoms with Gasteiger partial charge < -0.3 is 10.2 Å². The molecule has 0 bridgehead atoms. The molecule has 2 rings (SSSR count). The molecular formula is C15H20N2O2. The van der Waals surface area contributed by atoms with Crippen molar-refractivity contribution < 1.29 is 9.21 Å². The van der Waals surface area contributed by atoms with Gasteiger partial charge in [0.25, 0.3) is 0 Å². The number of hydrogen-bond acceptors (Lipinski definition) is 3. The van der Waals surface area contributed by atoms with Gasteiger partial charge in [-0.05, 0) is 19.9 Å².